The highest BCUT2D eigenvalue weighted by atomic mass is 16.7. The van der Waals surface area contributed by atoms with Gasteiger partial charge in [-0.25, -0.2) is 0 Å². The van der Waals surface area contributed by atoms with Crippen LogP contribution in [0.5, 0.6) is 0 Å². The lowest BCUT2D eigenvalue weighted by Crippen LogP contribution is -2.57. The van der Waals surface area contributed by atoms with E-state index < -0.39 is 24.2 Å². The summed E-state index contributed by atoms with van der Waals surface area (Å²) in [5.41, 5.74) is -0.555. The first-order chi connectivity index (χ1) is 8.64. The molecular weight excluding hydrogens is 196 g/mol. The molecule has 0 aromatic heterocycles. The first-order valence-electron chi connectivity index (χ1n) is 6.88. The Morgan fingerprint density at radius 2 is 1.80 bits per heavy atom. The van der Waals surface area contributed by atoms with Gasteiger partial charge in [0.05, 0.1) is 10.8 Å². The average Bonchev–Trinajstić information content (AvgIpc) is 2.22. The summed E-state index contributed by atoms with van der Waals surface area (Å²) in [6.45, 7) is -4.20. The van der Waals surface area contributed by atoms with Gasteiger partial charge in [0, 0.05) is 40.1 Å². The van der Waals surface area contributed by atoms with Gasteiger partial charge in [0.15, 0.2) is 5.79 Å². The number of hydrogen-bond acceptors (Lipinski definition) is 4. The molecule has 0 amide bonds. The van der Waals surface area contributed by atoms with Crippen molar-refractivity contribution >= 4 is 0 Å². The number of methoxy groups -OCH3 is 2. The third-order valence-electron chi connectivity index (χ3n) is 3.32. The molecule has 15 heavy (non-hydrogen) atoms. The van der Waals surface area contributed by atoms with Crippen molar-refractivity contribution in [2.24, 2.45) is 10.7 Å². The van der Waals surface area contributed by atoms with Gasteiger partial charge in [0.2, 0.25) is 0 Å². The van der Waals surface area contributed by atoms with Crippen LogP contribution in [0.2, 0.25) is 0 Å². The van der Waals surface area contributed by atoms with Crippen molar-refractivity contribution in [3.05, 3.63) is 4.91 Å². The van der Waals surface area contributed by atoms with Crippen LogP contribution in [-0.2, 0) is 9.47 Å². The van der Waals surface area contributed by atoms with Crippen LogP contribution < -0.4 is 0 Å². The highest BCUT2D eigenvalue weighted by Gasteiger charge is 2.56. The summed E-state index contributed by atoms with van der Waals surface area (Å²) < 4.78 is 42.0. The van der Waals surface area contributed by atoms with E-state index in [-0.39, 0.29) is 12.8 Å². The Hall–Kier alpha value is -0.680. The molecule has 0 aromatic carbocycles. The maximum Gasteiger partial charge on any atom is 0.168 e. The highest BCUT2D eigenvalue weighted by molar-refractivity contribution is 5.02. The molecule has 1 spiro atoms. The summed E-state index contributed by atoms with van der Waals surface area (Å²) in [4.78, 5) is 10.7. The number of hydrogen-bond donors (Lipinski definition) is 0. The number of rotatable bonds is 3. The summed E-state index contributed by atoms with van der Waals surface area (Å²) in [6, 6.07) is 0. The van der Waals surface area contributed by atoms with E-state index in [4.69, 9.17) is 15.0 Å². The first kappa shape index (κ1) is 6.81. The van der Waals surface area contributed by atoms with E-state index in [9.17, 15) is 4.91 Å². The van der Waals surface area contributed by atoms with Crippen LogP contribution in [0.1, 0.15) is 31.2 Å². The lowest BCUT2D eigenvalue weighted by molar-refractivity contribution is -0.303. The topological polar surface area (TPSA) is 51.1 Å². The molecule has 0 N–H and O–H groups in total. The van der Waals surface area contributed by atoms with Gasteiger partial charge < -0.3 is 9.47 Å². The Balaban J connectivity index is 2.22. The molecule has 2 rings (SSSR count). The van der Waals surface area contributed by atoms with E-state index in [0.29, 0.717) is 17.9 Å². The van der Waals surface area contributed by atoms with Crippen LogP contribution in [0.3, 0.4) is 0 Å². The maximum atomic E-state index is 10.7. The molecule has 0 radical (unpaired) electrons. The predicted octanol–water partition coefficient (Wildman–Crippen LogP) is 1.53. The van der Waals surface area contributed by atoms with Gasteiger partial charge >= 0.3 is 0 Å². The standard InChI is InChI=1S/C10H18N2O3/c1-14-10(15-2)7-9(8-10)3-5-12(11-13)6-4-9/h3-8H2,1-2H3/i5D2,6D2. The molecule has 1 heterocycles. The zero-order chi connectivity index (χ0) is 14.5. The van der Waals surface area contributed by atoms with Crippen LogP contribution >= 0.6 is 0 Å². The van der Waals surface area contributed by atoms with E-state index in [2.05, 4.69) is 5.29 Å². The minimum atomic E-state index is -2.10. The Morgan fingerprint density at radius 3 is 2.20 bits per heavy atom. The van der Waals surface area contributed by atoms with Crippen molar-refractivity contribution in [2.45, 2.75) is 31.5 Å². The molecule has 1 aliphatic carbocycles. The molecule has 2 aliphatic rings. The van der Waals surface area contributed by atoms with Crippen molar-refractivity contribution < 1.29 is 15.0 Å². The van der Waals surface area contributed by atoms with Crippen molar-refractivity contribution in [1.82, 2.24) is 5.01 Å². The minimum Gasteiger partial charge on any atom is -0.353 e. The number of ether oxygens (including phenoxy) is 2. The maximum absolute atomic E-state index is 10.7. The van der Waals surface area contributed by atoms with Gasteiger partial charge in [-0.05, 0) is 18.3 Å². The molecule has 0 bridgehead atoms. The van der Waals surface area contributed by atoms with Gasteiger partial charge in [-0.1, -0.05) is 0 Å². The highest BCUT2D eigenvalue weighted by Crippen LogP contribution is 2.56. The summed E-state index contributed by atoms with van der Waals surface area (Å²) in [5.74, 6) is -0.761. The fourth-order valence-corrected chi connectivity index (χ4v) is 2.37. The monoisotopic (exact) mass is 218 g/mol. The third kappa shape index (κ3) is 1.74. The van der Waals surface area contributed by atoms with Crippen LogP contribution in [0, 0.1) is 10.3 Å². The Kier molecular flexibility index (Phi) is 1.69. The van der Waals surface area contributed by atoms with Crippen LogP contribution in [0.25, 0.3) is 0 Å². The van der Waals surface area contributed by atoms with Crippen molar-refractivity contribution in [3.63, 3.8) is 0 Å². The minimum absolute atomic E-state index is 0.0414. The molecule has 1 saturated heterocycles. The van der Waals surface area contributed by atoms with Gasteiger partial charge in [-0.3, -0.25) is 5.01 Å². The lowest BCUT2D eigenvalue weighted by atomic mass is 9.59. The first-order valence-corrected chi connectivity index (χ1v) is 4.88. The largest absolute Gasteiger partial charge is 0.353 e. The third-order valence-corrected chi connectivity index (χ3v) is 3.32. The van der Waals surface area contributed by atoms with Gasteiger partial charge in [0.1, 0.15) is 0 Å². The molecule has 0 atom stereocenters. The second-order valence-electron chi connectivity index (χ2n) is 4.24. The van der Waals surface area contributed by atoms with E-state index >= 15 is 0 Å². The molecule has 86 valence electrons. The van der Waals surface area contributed by atoms with Crippen molar-refractivity contribution in [1.29, 1.82) is 0 Å². The predicted molar refractivity (Wildman–Crippen MR) is 55.0 cm³/mol. The van der Waals surface area contributed by atoms with Crippen LogP contribution in [0.4, 0.5) is 0 Å². The molecule has 0 unspecified atom stereocenters. The number of nitrogens with zero attached hydrogens (tertiary/aromatic N) is 2. The zero-order valence-corrected chi connectivity index (χ0v) is 8.95. The Bertz CT molecular complexity index is 359. The number of piperidine rings is 1. The second kappa shape index (κ2) is 3.72. The van der Waals surface area contributed by atoms with E-state index in [0.717, 1.165) is 0 Å². The molecular formula is C10H18N2O3. The van der Waals surface area contributed by atoms with E-state index in [1.165, 1.54) is 14.2 Å². The SMILES string of the molecule is [2H]C1([2H])CC2(CC(OC)(OC)C2)CC([2H])([2H])N1N=O. The Morgan fingerprint density at radius 1 is 1.27 bits per heavy atom. The summed E-state index contributed by atoms with van der Waals surface area (Å²) in [6.07, 6.45) is 0.914. The smallest absolute Gasteiger partial charge is 0.168 e. The fourth-order valence-electron chi connectivity index (χ4n) is 2.37. The van der Waals surface area contributed by atoms with E-state index in [1.807, 2.05) is 0 Å². The molecule has 5 nitrogen and oxygen atoms in total. The fraction of sp³-hybridized carbons (Fsp3) is 1.00. The lowest BCUT2D eigenvalue weighted by Gasteiger charge is -2.56. The van der Waals surface area contributed by atoms with Crippen LogP contribution in [0.15, 0.2) is 5.29 Å². The molecule has 2 fully saturated rings. The summed E-state index contributed by atoms with van der Waals surface area (Å²) >= 11 is 0. The van der Waals surface area contributed by atoms with Gasteiger partial charge in [0.25, 0.3) is 0 Å². The normalized spacial score (nSPS) is 38.1. The van der Waals surface area contributed by atoms with Gasteiger partial charge in [-0.2, -0.15) is 0 Å². The second-order valence-corrected chi connectivity index (χ2v) is 4.24. The van der Waals surface area contributed by atoms with Gasteiger partial charge in [-0.15, -0.1) is 4.91 Å². The molecule has 5 heteroatoms. The van der Waals surface area contributed by atoms with Crippen molar-refractivity contribution in [3.8, 4) is 0 Å². The number of nitroso groups, excluding NO2 is 1. The average molecular weight is 218 g/mol. The zero-order valence-electron chi connectivity index (χ0n) is 12.9. The quantitative estimate of drug-likeness (QED) is 0.532. The summed E-state index contributed by atoms with van der Waals surface area (Å²) in [5, 5.41) is 2.92. The van der Waals surface area contributed by atoms with Crippen LogP contribution in [-0.4, -0.2) is 38.0 Å². The molecule has 1 saturated carbocycles. The summed E-state index contributed by atoms with van der Waals surface area (Å²) in [7, 11) is 3.03. The Labute approximate surface area is 95.3 Å². The van der Waals surface area contributed by atoms with Crippen molar-refractivity contribution in [2.75, 3.05) is 27.2 Å². The van der Waals surface area contributed by atoms with E-state index in [1.54, 1.807) is 0 Å². The molecule has 1 aliphatic heterocycles. The molecule has 0 aromatic rings.